The second kappa shape index (κ2) is 19.0. The van der Waals surface area contributed by atoms with Crippen molar-refractivity contribution in [1.29, 1.82) is 0 Å². The topological polar surface area (TPSA) is 63.1 Å². The van der Waals surface area contributed by atoms with Crippen LogP contribution in [0.4, 0.5) is 0 Å². The molecule has 0 bridgehead atoms. The summed E-state index contributed by atoms with van der Waals surface area (Å²) < 4.78 is 0. The number of ketones is 1. The van der Waals surface area contributed by atoms with E-state index in [9.17, 15) is 9.90 Å². The number of hydrogen-bond donors (Lipinski definition) is 1. The van der Waals surface area contributed by atoms with Crippen molar-refractivity contribution in [2.75, 3.05) is 0 Å². The molecule has 309 valence electrons. The average molecular weight is 985 g/mol. The Bertz CT molecular complexity index is 2790. The summed E-state index contributed by atoms with van der Waals surface area (Å²) in [5, 5.41) is 10.0. The fourth-order valence-electron chi connectivity index (χ4n) is 7.77. The average Bonchev–Trinajstić information content (AvgIpc) is 3.29. The van der Waals surface area contributed by atoms with Gasteiger partial charge in [-0.15, -0.1) is 59.7 Å². The number of nitrogens with zero attached hydrogens (tertiary/aromatic N) is 2. The predicted molar refractivity (Wildman–Crippen MR) is 251 cm³/mol. The fraction of sp³-hybridized carbons (Fsp3) is 0.140. The van der Waals surface area contributed by atoms with E-state index in [0.717, 1.165) is 83.7 Å². The first kappa shape index (κ1) is 43.6. The van der Waals surface area contributed by atoms with Crippen LogP contribution in [0.15, 0.2) is 163 Å². The maximum atomic E-state index is 13.1. The summed E-state index contributed by atoms with van der Waals surface area (Å²) in [6.45, 7) is 11.6. The van der Waals surface area contributed by atoms with Crippen molar-refractivity contribution < 1.29 is 30.0 Å². The van der Waals surface area contributed by atoms with Gasteiger partial charge in [0.2, 0.25) is 0 Å². The fourth-order valence-corrected chi connectivity index (χ4v) is 7.77. The van der Waals surface area contributed by atoms with Gasteiger partial charge in [0.1, 0.15) is 0 Å². The number of rotatable bonds is 11. The summed E-state index contributed by atoms with van der Waals surface area (Å²) >= 11 is 0. The van der Waals surface area contributed by atoms with Crippen LogP contribution < -0.4 is 0 Å². The zero-order valence-electron chi connectivity index (χ0n) is 35.9. The third kappa shape index (κ3) is 9.35. The number of pyridine rings is 2. The molecule has 0 aliphatic heterocycles. The van der Waals surface area contributed by atoms with E-state index in [1.807, 2.05) is 18.5 Å². The van der Waals surface area contributed by atoms with Gasteiger partial charge in [-0.05, 0) is 128 Å². The van der Waals surface area contributed by atoms with Crippen LogP contribution in [-0.4, -0.2) is 20.9 Å². The Balaban J connectivity index is 0.00000578. The summed E-state index contributed by atoms with van der Waals surface area (Å²) in [7, 11) is 0. The van der Waals surface area contributed by atoms with Crippen LogP contribution >= 0.6 is 0 Å². The van der Waals surface area contributed by atoms with Gasteiger partial charge in [0, 0.05) is 44.5 Å². The molecule has 0 spiro atoms. The van der Waals surface area contributed by atoms with Gasteiger partial charge in [-0.3, -0.25) is 4.79 Å². The van der Waals surface area contributed by atoms with Gasteiger partial charge in [0.25, 0.3) is 0 Å². The first-order valence-electron chi connectivity index (χ1n) is 20.8. The van der Waals surface area contributed by atoms with Crippen molar-refractivity contribution in [3.63, 3.8) is 0 Å². The molecular weight excluding hydrogens is 937 g/mol. The van der Waals surface area contributed by atoms with Crippen LogP contribution in [0.1, 0.15) is 48.1 Å². The SMILES string of the molecule is C/C(O)=C(\C)C(=O)CCc1ccccc1-c1cc(-c2ccccc2-c2c[c-]c(-c3cc(C)c(C)cn3)cc2)cc(-c2ccccc2-c2c[c-]c(-c3cc(C)c(C)cn3)cc2)c1.[Ir]. The quantitative estimate of drug-likeness (QED) is 0.0797. The van der Waals surface area contributed by atoms with Crippen LogP contribution in [0.2, 0.25) is 0 Å². The van der Waals surface area contributed by atoms with Gasteiger partial charge in [-0.25, -0.2) is 0 Å². The van der Waals surface area contributed by atoms with Gasteiger partial charge in [-0.2, -0.15) is 0 Å². The van der Waals surface area contributed by atoms with E-state index < -0.39 is 0 Å². The summed E-state index contributed by atoms with van der Waals surface area (Å²) in [6.07, 6.45) is 4.69. The molecular formula is C57H48IrN2O2-2. The molecule has 2 aromatic heterocycles. The Morgan fingerprint density at radius 3 is 1.32 bits per heavy atom. The van der Waals surface area contributed by atoms with Gasteiger partial charge >= 0.3 is 0 Å². The molecule has 0 saturated carbocycles. The third-order valence-corrected chi connectivity index (χ3v) is 11.9. The first-order chi connectivity index (χ1) is 29.5. The molecule has 8 aromatic rings. The minimum absolute atomic E-state index is 0. The van der Waals surface area contributed by atoms with Crippen LogP contribution in [0.5, 0.6) is 0 Å². The summed E-state index contributed by atoms with van der Waals surface area (Å²) in [5.74, 6) is 0.00981. The molecule has 4 nitrogen and oxygen atoms in total. The second-order valence-corrected chi connectivity index (χ2v) is 16.0. The second-order valence-electron chi connectivity index (χ2n) is 16.0. The van der Waals surface area contributed by atoms with Gasteiger partial charge in [0.15, 0.2) is 5.78 Å². The number of aryl methyl sites for hydroxylation is 5. The Hall–Kier alpha value is -6.52. The zero-order valence-corrected chi connectivity index (χ0v) is 38.3. The van der Waals surface area contributed by atoms with E-state index in [1.54, 1.807) is 13.8 Å². The number of carbonyl (C=O) groups excluding carboxylic acids is 1. The van der Waals surface area contributed by atoms with Crippen molar-refractivity contribution in [2.24, 2.45) is 0 Å². The molecule has 62 heavy (non-hydrogen) atoms. The Morgan fingerprint density at radius 1 is 0.516 bits per heavy atom. The first-order valence-corrected chi connectivity index (χ1v) is 20.8. The van der Waals surface area contributed by atoms with E-state index in [1.165, 1.54) is 22.3 Å². The monoisotopic (exact) mass is 985 g/mol. The smallest absolute Gasteiger partial charge is 0.162 e. The van der Waals surface area contributed by atoms with E-state index in [0.29, 0.717) is 18.4 Å². The summed E-state index contributed by atoms with van der Waals surface area (Å²) in [4.78, 5) is 22.4. The number of allylic oxidation sites excluding steroid dienone is 2. The molecule has 6 aromatic carbocycles. The maximum absolute atomic E-state index is 13.1. The number of hydrogen-bond acceptors (Lipinski definition) is 4. The molecule has 5 heteroatoms. The normalized spacial score (nSPS) is 11.5. The molecule has 0 atom stereocenters. The van der Waals surface area contributed by atoms with Crippen molar-refractivity contribution in [1.82, 2.24) is 9.97 Å². The summed E-state index contributed by atoms with van der Waals surface area (Å²) in [5.41, 5.74) is 20.7. The molecule has 2 heterocycles. The maximum Gasteiger partial charge on any atom is 0.162 e. The van der Waals surface area contributed by atoms with Gasteiger partial charge < -0.3 is 15.1 Å². The number of benzene rings is 6. The van der Waals surface area contributed by atoms with E-state index in [4.69, 9.17) is 0 Å². The van der Waals surface area contributed by atoms with Crippen molar-refractivity contribution in [2.45, 2.75) is 54.4 Å². The molecule has 0 amide bonds. The predicted octanol–water partition coefficient (Wildman–Crippen LogP) is 14.3. The number of aliphatic hydroxyl groups is 1. The number of aliphatic hydroxyl groups excluding tert-OH is 1. The molecule has 0 unspecified atom stereocenters. The van der Waals surface area contributed by atoms with Crippen molar-refractivity contribution in [3.8, 4) is 78.1 Å². The molecule has 1 N–H and O–H groups in total. The van der Waals surface area contributed by atoms with Crippen LogP contribution in [0.25, 0.3) is 78.1 Å². The van der Waals surface area contributed by atoms with E-state index in [-0.39, 0.29) is 31.6 Å². The van der Waals surface area contributed by atoms with Crippen molar-refractivity contribution >= 4 is 5.78 Å². The van der Waals surface area contributed by atoms with E-state index >= 15 is 0 Å². The Morgan fingerprint density at radius 2 is 0.919 bits per heavy atom. The Labute approximate surface area is 379 Å². The molecule has 8 rings (SSSR count). The molecule has 0 aliphatic carbocycles. The van der Waals surface area contributed by atoms with Gasteiger partial charge in [0.05, 0.1) is 5.76 Å². The third-order valence-electron chi connectivity index (χ3n) is 11.9. The summed E-state index contributed by atoms with van der Waals surface area (Å²) in [6, 6.07) is 56.2. The number of carbonyl (C=O) groups is 1. The van der Waals surface area contributed by atoms with Crippen LogP contribution in [0, 0.1) is 39.8 Å². The molecule has 0 saturated heterocycles. The Kier molecular flexibility index (Phi) is 13.4. The minimum atomic E-state index is -0.0562. The van der Waals surface area contributed by atoms with Gasteiger partial charge in [-0.1, -0.05) is 118 Å². The van der Waals surface area contributed by atoms with Crippen LogP contribution in [-0.2, 0) is 31.3 Å². The van der Waals surface area contributed by atoms with Crippen LogP contribution in [0.3, 0.4) is 0 Å². The van der Waals surface area contributed by atoms with Crippen molar-refractivity contribution in [3.05, 3.63) is 203 Å². The molecule has 0 aliphatic rings. The number of Topliss-reactive ketones (excluding diaryl/α,β-unsaturated/α-hetero) is 1. The molecule has 1 radical (unpaired) electrons. The zero-order chi connectivity index (χ0) is 42.6. The van der Waals surface area contributed by atoms with E-state index in [2.05, 4.69) is 183 Å². The minimum Gasteiger partial charge on any atom is -0.512 e. The largest absolute Gasteiger partial charge is 0.512 e. The number of aromatic nitrogens is 2. The molecule has 0 fully saturated rings. The standard InChI is InChI=1S/C57H48N2O2.Ir/c1-36-29-55(58-34-38(36)3)45-23-19-43(20-24-45)51-15-9-11-17-53(51)48-31-47(50-14-8-7-13-42(50)27-28-57(61)40(5)41(6)60)32-49(33-48)54-18-12-10-16-52(54)44-21-25-46(26-22-44)56-30-37(2)39(4)35-59-56;/h7-23,25,29-35,60H,27-28H2,1-6H3;/q-2;/b41-40-;.